The number of hydrogen-bond acceptors (Lipinski definition) is 3. The van der Waals surface area contributed by atoms with Gasteiger partial charge in [0.1, 0.15) is 0 Å². The summed E-state index contributed by atoms with van der Waals surface area (Å²) in [6.07, 6.45) is 13.4. The molecular formula is C28H50O3. The summed E-state index contributed by atoms with van der Waals surface area (Å²) in [5, 5.41) is 21.3. The molecule has 180 valence electrons. The minimum Gasteiger partial charge on any atom is -0.390 e. The highest BCUT2D eigenvalue weighted by atomic mass is 16.5. The van der Waals surface area contributed by atoms with E-state index in [0.29, 0.717) is 29.3 Å². The average Bonchev–Trinajstić information content (AvgIpc) is 3.04. The first-order valence-electron chi connectivity index (χ1n) is 13.4. The van der Waals surface area contributed by atoms with E-state index in [9.17, 15) is 10.2 Å². The number of rotatable bonds is 6. The molecule has 4 rings (SSSR count). The van der Waals surface area contributed by atoms with Crippen LogP contribution in [-0.2, 0) is 4.74 Å². The van der Waals surface area contributed by atoms with E-state index in [-0.39, 0.29) is 0 Å². The summed E-state index contributed by atoms with van der Waals surface area (Å²) >= 11 is 0. The van der Waals surface area contributed by atoms with Crippen LogP contribution < -0.4 is 0 Å². The van der Waals surface area contributed by atoms with Crippen molar-refractivity contribution in [3.63, 3.8) is 0 Å². The van der Waals surface area contributed by atoms with Gasteiger partial charge in [-0.05, 0) is 131 Å². The van der Waals surface area contributed by atoms with Crippen molar-refractivity contribution in [2.24, 2.45) is 46.3 Å². The Kier molecular flexibility index (Phi) is 6.41. The van der Waals surface area contributed by atoms with Gasteiger partial charge in [0, 0.05) is 7.11 Å². The number of ether oxygens (including phenoxy) is 1. The van der Waals surface area contributed by atoms with Gasteiger partial charge in [0.2, 0.25) is 0 Å². The van der Waals surface area contributed by atoms with Crippen molar-refractivity contribution in [3.05, 3.63) is 0 Å². The molecule has 0 aromatic rings. The molecule has 4 aliphatic rings. The zero-order valence-corrected chi connectivity index (χ0v) is 21.3. The van der Waals surface area contributed by atoms with Crippen LogP contribution in [0.25, 0.3) is 0 Å². The quantitative estimate of drug-likeness (QED) is 0.522. The third-order valence-electron chi connectivity index (χ3n) is 11.2. The second-order valence-corrected chi connectivity index (χ2v) is 13.6. The van der Waals surface area contributed by atoms with Crippen LogP contribution in [0.2, 0.25) is 0 Å². The van der Waals surface area contributed by atoms with Crippen molar-refractivity contribution in [1.29, 1.82) is 0 Å². The van der Waals surface area contributed by atoms with Gasteiger partial charge in [-0.1, -0.05) is 20.8 Å². The van der Waals surface area contributed by atoms with Crippen LogP contribution in [0, 0.1) is 46.3 Å². The molecule has 0 bridgehead atoms. The van der Waals surface area contributed by atoms with Gasteiger partial charge in [0.05, 0.1) is 17.8 Å². The largest absolute Gasteiger partial charge is 0.390 e. The molecule has 4 saturated carbocycles. The maximum Gasteiger partial charge on any atom is 0.0883 e. The molecule has 0 aliphatic heterocycles. The molecule has 2 N–H and O–H groups in total. The number of methoxy groups -OCH3 is 1. The highest BCUT2D eigenvalue weighted by molar-refractivity contribution is 5.11. The van der Waals surface area contributed by atoms with Crippen molar-refractivity contribution in [1.82, 2.24) is 0 Å². The van der Waals surface area contributed by atoms with Gasteiger partial charge in [-0.2, -0.15) is 0 Å². The molecule has 0 amide bonds. The third kappa shape index (κ3) is 4.26. The SMILES string of the molecule is COC[C@@]1(O)CC[C@]2(C)C3CC[C@@]4(C)C(CC[C@@H]4[C@H](C)CCC(C)(C)O)C3CC[C@H]2C1. The molecule has 3 nitrogen and oxygen atoms in total. The van der Waals surface area contributed by atoms with Crippen molar-refractivity contribution in [2.75, 3.05) is 13.7 Å². The van der Waals surface area contributed by atoms with E-state index in [1.807, 2.05) is 13.8 Å². The van der Waals surface area contributed by atoms with E-state index in [2.05, 4.69) is 20.8 Å². The van der Waals surface area contributed by atoms with E-state index in [0.717, 1.165) is 49.4 Å². The van der Waals surface area contributed by atoms with Crippen molar-refractivity contribution in [3.8, 4) is 0 Å². The van der Waals surface area contributed by atoms with E-state index in [1.54, 1.807) is 7.11 Å². The van der Waals surface area contributed by atoms with Crippen molar-refractivity contribution in [2.45, 2.75) is 116 Å². The first kappa shape index (κ1) is 24.0. The second kappa shape index (κ2) is 8.27. The molecule has 0 spiro atoms. The Bertz CT molecular complexity index is 641. The van der Waals surface area contributed by atoms with E-state index < -0.39 is 11.2 Å². The first-order chi connectivity index (χ1) is 14.4. The highest BCUT2D eigenvalue weighted by Crippen LogP contribution is 2.68. The Labute approximate surface area is 191 Å². The topological polar surface area (TPSA) is 49.7 Å². The Balaban J connectivity index is 1.47. The fraction of sp³-hybridized carbons (Fsp3) is 1.00. The normalized spacial score (nSPS) is 48.6. The third-order valence-corrected chi connectivity index (χ3v) is 11.2. The number of aliphatic hydroxyl groups is 2. The summed E-state index contributed by atoms with van der Waals surface area (Å²) in [6.45, 7) is 12.1. The van der Waals surface area contributed by atoms with Gasteiger partial charge >= 0.3 is 0 Å². The summed E-state index contributed by atoms with van der Waals surface area (Å²) in [5.74, 6) is 4.82. The molecular weight excluding hydrogens is 384 g/mol. The van der Waals surface area contributed by atoms with Gasteiger partial charge < -0.3 is 14.9 Å². The van der Waals surface area contributed by atoms with Crippen molar-refractivity contribution >= 4 is 0 Å². The molecule has 0 heterocycles. The van der Waals surface area contributed by atoms with Gasteiger partial charge in [0.25, 0.3) is 0 Å². The lowest BCUT2D eigenvalue weighted by atomic mass is 9.43. The average molecular weight is 435 g/mol. The summed E-state index contributed by atoms with van der Waals surface area (Å²) < 4.78 is 5.38. The highest BCUT2D eigenvalue weighted by Gasteiger charge is 2.61. The lowest BCUT2D eigenvalue weighted by Gasteiger charge is -2.62. The van der Waals surface area contributed by atoms with Gasteiger partial charge in [0.15, 0.2) is 0 Å². The van der Waals surface area contributed by atoms with Gasteiger partial charge in [-0.25, -0.2) is 0 Å². The molecule has 0 radical (unpaired) electrons. The molecule has 4 fully saturated rings. The monoisotopic (exact) mass is 434 g/mol. The number of hydrogen-bond donors (Lipinski definition) is 2. The van der Waals surface area contributed by atoms with Crippen LogP contribution in [0.1, 0.15) is 105 Å². The molecule has 9 atom stereocenters. The molecule has 0 saturated heterocycles. The maximum atomic E-state index is 11.1. The lowest BCUT2D eigenvalue weighted by Crippen LogP contribution is -2.56. The van der Waals surface area contributed by atoms with Crippen LogP contribution in [-0.4, -0.2) is 35.1 Å². The van der Waals surface area contributed by atoms with Crippen molar-refractivity contribution < 1.29 is 14.9 Å². The Morgan fingerprint density at radius 1 is 0.968 bits per heavy atom. The minimum atomic E-state index is -0.594. The zero-order valence-electron chi connectivity index (χ0n) is 21.3. The fourth-order valence-electron chi connectivity index (χ4n) is 9.48. The van der Waals surface area contributed by atoms with E-state index >= 15 is 0 Å². The Morgan fingerprint density at radius 3 is 2.35 bits per heavy atom. The smallest absolute Gasteiger partial charge is 0.0883 e. The predicted molar refractivity (Wildman–Crippen MR) is 127 cm³/mol. The molecule has 0 aromatic heterocycles. The second-order valence-electron chi connectivity index (χ2n) is 13.6. The Morgan fingerprint density at radius 2 is 1.68 bits per heavy atom. The molecule has 31 heavy (non-hydrogen) atoms. The lowest BCUT2D eigenvalue weighted by molar-refractivity contribution is -0.163. The maximum absolute atomic E-state index is 11.1. The predicted octanol–water partition coefficient (Wildman–Crippen LogP) is 6.21. The van der Waals surface area contributed by atoms with Crippen LogP contribution in [0.15, 0.2) is 0 Å². The summed E-state index contributed by atoms with van der Waals surface area (Å²) in [6, 6.07) is 0. The molecule has 4 aliphatic carbocycles. The summed E-state index contributed by atoms with van der Waals surface area (Å²) in [7, 11) is 1.73. The molecule has 3 heteroatoms. The van der Waals surface area contributed by atoms with Crippen LogP contribution >= 0.6 is 0 Å². The molecule has 3 unspecified atom stereocenters. The van der Waals surface area contributed by atoms with Crippen LogP contribution in [0.5, 0.6) is 0 Å². The van der Waals surface area contributed by atoms with E-state index in [1.165, 1.54) is 44.9 Å². The number of fused-ring (bicyclic) bond motifs is 5. The van der Waals surface area contributed by atoms with Crippen LogP contribution in [0.3, 0.4) is 0 Å². The summed E-state index contributed by atoms with van der Waals surface area (Å²) in [5.41, 5.74) is -0.226. The summed E-state index contributed by atoms with van der Waals surface area (Å²) in [4.78, 5) is 0. The zero-order chi connectivity index (χ0) is 22.7. The van der Waals surface area contributed by atoms with Crippen LogP contribution in [0.4, 0.5) is 0 Å². The van der Waals surface area contributed by atoms with Gasteiger partial charge in [-0.3, -0.25) is 0 Å². The van der Waals surface area contributed by atoms with E-state index in [4.69, 9.17) is 4.74 Å². The van der Waals surface area contributed by atoms with Gasteiger partial charge in [-0.15, -0.1) is 0 Å². The first-order valence-corrected chi connectivity index (χ1v) is 13.4. The standard InChI is InChI=1S/C28H50O3/c1-19(11-13-25(2,3)29)22-9-10-23-21-8-7-20-17-28(30,18-31-6)16-15-26(20,4)24(21)12-14-27(22,23)5/h19-24,29-30H,7-18H2,1-6H3/t19-,20+,21?,22-,23?,24?,26+,27-,28-/m1/s1. The fourth-order valence-corrected chi connectivity index (χ4v) is 9.48. The minimum absolute atomic E-state index is 0.412. The Hall–Kier alpha value is -0.120. The molecule has 0 aromatic carbocycles.